The van der Waals surface area contributed by atoms with E-state index in [1.165, 1.54) is 11.3 Å². The maximum atomic E-state index is 13.2. The molecule has 3 aromatic rings. The Morgan fingerprint density at radius 3 is 2.81 bits per heavy atom. The molecular weight excluding hydrogens is 344 g/mol. The van der Waals surface area contributed by atoms with E-state index in [0.29, 0.717) is 5.92 Å². The first kappa shape index (κ1) is 17.2. The van der Waals surface area contributed by atoms with E-state index >= 15 is 0 Å². The topological polar surface area (TPSA) is 61.9 Å². The van der Waals surface area contributed by atoms with E-state index in [1.54, 1.807) is 0 Å². The van der Waals surface area contributed by atoms with Crippen molar-refractivity contribution in [3.05, 3.63) is 45.2 Å². The van der Waals surface area contributed by atoms with Crippen molar-refractivity contribution in [1.82, 2.24) is 19.9 Å². The number of carbonyl (C=O) groups excluding carboxylic acids is 1. The van der Waals surface area contributed by atoms with Crippen LogP contribution in [0.3, 0.4) is 0 Å². The molecule has 6 heteroatoms. The number of likely N-dealkylation sites (tertiary alicyclic amines) is 1. The first-order valence-corrected chi connectivity index (χ1v) is 10.0. The highest BCUT2D eigenvalue weighted by atomic mass is 32.1. The zero-order valence-electron chi connectivity index (χ0n) is 15.7. The summed E-state index contributed by atoms with van der Waals surface area (Å²) >= 11 is 1.53. The number of nitrogens with one attached hydrogen (secondary N) is 1. The van der Waals surface area contributed by atoms with Crippen molar-refractivity contribution in [3.8, 4) is 0 Å². The molecule has 136 valence electrons. The molecule has 0 aliphatic carbocycles. The molecule has 4 rings (SSSR count). The standard InChI is InChI=1S/C20H24N4OS/c1-11(2)19-21-13(4)17(26-19)20(25)24-10-6-9-15(24)18-22-14-8-5-7-12(3)16(14)23-18/h5,7-8,11,15H,6,9-10H2,1-4H3,(H,22,23)/t15-/m0/s1. The van der Waals surface area contributed by atoms with Crippen LogP contribution in [0, 0.1) is 13.8 Å². The molecule has 1 N–H and O–H groups in total. The molecule has 0 bridgehead atoms. The summed E-state index contributed by atoms with van der Waals surface area (Å²) in [6.07, 6.45) is 1.95. The number of aromatic amines is 1. The third-order valence-electron chi connectivity index (χ3n) is 5.06. The molecule has 0 saturated carbocycles. The first-order valence-electron chi connectivity index (χ1n) is 9.19. The molecule has 1 fully saturated rings. The van der Waals surface area contributed by atoms with Gasteiger partial charge in [0.25, 0.3) is 5.91 Å². The molecule has 26 heavy (non-hydrogen) atoms. The quantitative estimate of drug-likeness (QED) is 0.726. The highest BCUT2D eigenvalue weighted by Gasteiger charge is 2.34. The van der Waals surface area contributed by atoms with E-state index in [9.17, 15) is 4.79 Å². The molecule has 1 saturated heterocycles. The van der Waals surface area contributed by atoms with Gasteiger partial charge in [0.15, 0.2) is 0 Å². The maximum Gasteiger partial charge on any atom is 0.266 e. The molecule has 5 nitrogen and oxygen atoms in total. The maximum absolute atomic E-state index is 13.2. The van der Waals surface area contributed by atoms with Gasteiger partial charge in [-0.25, -0.2) is 9.97 Å². The number of fused-ring (bicyclic) bond motifs is 1. The number of hydrogen-bond donors (Lipinski definition) is 1. The van der Waals surface area contributed by atoms with Crippen molar-refractivity contribution < 1.29 is 4.79 Å². The van der Waals surface area contributed by atoms with E-state index in [1.807, 2.05) is 24.0 Å². The SMILES string of the molecule is Cc1nc(C(C)C)sc1C(=O)N1CCC[C@H]1c1nc2c(C)cccc2[nH]1. The number of hydrogen-bond acceptors (Lipinski definition) is 4. The van der Waals surface area contributed by atoms with Gasteiger partial charge in [-0.3, -0.25) is 4.79 Å². The van der Waals surface area contributed by atoms with Gasteiger partial charge in [0.1, 0.15) is 10.7 Å². The van der Waals surface area contributed by atoms with Crippen LogP contribution in [0.15, 0.2) is 18.2 Å². The third-order valence-corrected chi connectivity index (χ3v) is 6.51. The predicted molar refractivity (Wildman–Crippen MR) is 105 cm³/mol. The predicted octanol–water partition coefficient (Wildman–Crippen LogP) is 4.74. The lowest BCUT2D eigenvalue weighted by Gasteiger charge is -2.22. The summed E-state index contributed by atoms with van der Waals surface area (Å²) in [5, 5.41) is 1.03. The van der Waals surface area contributed by atoms with E-state index in [-0.39, 0.29) is 11.9 Å². The molecule has 0 unspecified atom stereocenters. The van der Waals surface area contributed by atoms with Crippen LogP contribution >= 0.6 is 11.3 Å². The number of aromatic nitrogens is 3. The molecule has 1 amide bonds. The first-order chi connectivity index (χ1) is 12.5. The zero-order valence-corrected chi connectivity index (χ0v) is 16.5. The van der Waals surface area contributed by atoms with E-state index in [0.717, 1.165) is 57.4 Å². The average Bonchev–Trinajstić information content (AvgIpc) is 3.31. The lowest BCUT2D eigenvalue weighted by molar-refractivity contribution is 0.0734. The lowest BCUT2D eigenvalue weighted by Crippen LogP contribution is -2.31. The highest BCUT2D eigenvalue weighted by molar-refractivity contribution is 7.13. The second-order valence-electron chi connectivity index (χ2n) is 7.37. The minimum atomic E-state index is 0.0123. The van der Waals surface area contributed by atoms with Crippen LogP contribution in [0.25, 0.3) is 11.0 Å². The fourth-order valence-electron chi connectivity index (χ4n) is 3.64. The van der Waals surface area contributed by atoms with Gasteiger partial charge in [-0.15, -0.1) is 11.3 Å². The second kappa shape index (κ2) is 6.50. The fourth-order valence-corrected chi connectivity index (χ4v) is 4.66. The van der Waals surface area contributed by atoms with Crippen molar-refractivity contribution in [2.75, 3.05) is 6.54 Å². The minimum absolute atomic E-state index is 0.0123. The number of H-pyrrole nitrogens is 1. The monoisotopic (exact) mass is 368 g/mol. The largest absolute Gasteiger partial charge is 0.340 e. The number of thiazole rings is 1. The van der Waals surface area contributed by atoms with Gasteiger partial charge in [-0.2, -0.15) is 0 Å². The summed E-state index contributed by atoms with van der Waals surface area (Å²) in [5.74, 6) is 1.32. The molecule has 1 aliphatic heterocycles. The Morgan fingerprint density at radius 2 is 2.12 bits per heavy atom. The van der Waals surface area contributed by atoms with Crippen LogP contribution in [0.4, 0.5) is 0 Å². The summed E-state index contributed by atoms with van der Waals surface area (Å²) in [6.45, 7) is 9.00. The number of para-hydroxylation sites is 1. The van der Waals surface area contributed by atoms with Crippen molar-refractivity contribution in [3.63, 3.8) is 0 Å². The Hall–Kier alpha value is -2.21. The van der Waals surface area contributed by atoms with Crippen LogP contribution in [-0.4, -0.2) is 32.3 Å². The van der Waals surface area contributed by atoms with Crippen LogP contribution in [-0.2, 0) is 0 Å². The van der Waals surface area contributed by atoms with Gasteiger partial charge in [-0.05, 0) is 38.3 Å². The molecular formula is C20H24N4OS. The van der Waals surface area contributed by atoms with Gasteiger partial charge >= 0.3 is 0 Å². The van der Waals surface area contributed by atoms with Gasteiger partial charge in [0, 0.05) is 12.5 Å². The van der Waals surface area contributed by atoms with Crippen molar-refractivity contribution in [2.45, 2.75) is 52.5 Å². The van der Waals surface area contributed by atoms with Crippen molar-refractivity contribution >= 4 is 28.3 Å². The van der Waals surface area contributed by atoms with Crippen LogP contribution < -0.4 is 0 Å². The van der Waals surface area contributed by atoms with E-state index in [2.05, 4.69) is 36.8 Å². The number of amides is 1. The van der Waals surface area contributed by atoms with Crippen LogP contribution in [0.2, 0.25) is 0 Å². The number of benzene rings is 1. The van der Waals surface area contributed by atoms with Gasteiger partial charge in [0.05, 0.1) is 27.8 Å². The Labute approximate surface area is 157 Å². The highest BCUT2D eigenvalue weighted by Crippen LogP contribution is 2.35. The second-order valence-corrected chi connectivity index (χ2v) is 8.40. The minimum Gasteiger partial charge on any atom is -0.340 e. The molecule has 2 aromatic heterocycles. The van der Waals surface area contributed by atoms with Crippen LogP contribution in [0.5, 0.6) is 0 Å². The molecule has 1 atom stereocenters. The number of imidazole rings is 1. The summed E-state index contributed by atoms with van der Waals surface area (Å²) in [6, 6.07) is 6.16. The molecule has 1 aromatic carbocycles. The lowest BCUT2D eigenvalue weighted by atomic mass is 10.2. The number of carbonyl (C=O) groups is 1. The number of rotatable bonds is 3. The fraction of sp³-hybridized carbons (Fsp3) is 0.450. The molecule has 3 heterocycles. The van der Waals surface area contributed by atoms with Gasteiger partial charge in [-0.1, -0.05) is 26.0 Å². The summed E-state index contributed by atoms with van der Waals surface area (Å²) in [7, 11) is 0. The van der Waals surface area contributed by atoms with Gasteiger partial charge < -0.3 is 9.88 Å². The third kappa shape index (κ3) is 2.82. The molecule has 0 radical (unpaired) electrons. The zero-order chi connectivity index (χ0) is 18.4. The Balaban J connectivity index is 1.67. The van der Waals surface area contributed by atoms with Gasteiger partial charge in [0.2, 0.25) is 0 Å². The Kier molecular flexibility index (Phi) is 4.31. The summed E-state index contributed by atoms with van der Waals surface area (Å²) < 4.78 is 0. The number of nitrogens with zero attached hydrogens (tertiary/aromatic N) is 3. The van der Waals surface area contributed by atoms with E-state index < -0.39 is 0 Å². The van der Waals surface area contributed by atoms with E-state index in [4.69, 9.17) is 4.98 Å². The van der Waals surface area contributed by atoms with Crippen molar-refractivity contribution in [1.29, 1.82) is 0 Å². The summed E-state index contributed by atoms with van der Waals surface area (Å²) in [5.41, 5.74) is 4.03. The average molecular weight is 369 g/mol. The molecule has 0 spiro atoms. The number of aryl methyl sites for hydroxylation is 2. The smallest absolute Gasteiger partial charge is 0.266 e. The Bertz CT molecular complexity index is 972. The van der Waals surface area contributed by atoms with Crippen molar-refractivity contribution in [2.24, 2.45) is 0 Å². The van der Waals surface area contributed by atoms with Crippen LogP contribution in [0.1, 0.15) is 70.4 Å². The summed E-state index contributed by atoms with van der Waals surface area (Å²) in [4.78, 5) is 28.8. The molecule has 1 aliphatic rings. The Morgan fingerprint density at radius 1 is 1.31 bits per heavy atom. The normalized spacial score (nSPS) is 17.6.